The topological polar surface area (TPSA) is 107 Å². The summed E-state index contributed by atoms with van der Waals surface area (Å²) in [5.41, 5.74) is 1.17. The minimum atomic E-state index is -3.87. The van der Waals surface area contributed by atoms with E-state index in [1.165, 1.54) is 22.9 Å². The number of carbonyl (C=O) groups excluding carboxylic acids is 1. The average Bonchev–Trinajstić information content (AvgIpc) is 2.70. The molecule has 0 fully saturated rings. The van der Waals surface area contributed by atoms with Crippen molar-refractivity contribution in [2.45, 2.75) is 11.8 Å². The van der Waals surface area contributed by atoms with Crippen molar-refractivity contribution in [1.82, 2.24) is 9.78 Å². The smallest absolute Gasteiger partial charge is 0.273 e. The van der Waals surface area contributed by atoms with E-state index in [-0.39, 0.29) is 15.6 Å². The zero-order valence-electron chi connectivity index (χ0n) is 11.3. The number of aromatic nitrogens is 2. The van der Waals surface area contributed by atoms with E-state index < -0.39 is 15.9 Å². The largest absolute Gasteiger partial charge is 0.319 e. The van der Waals surface area contributed by atoms with Gasteiger partial charge in [0.15, 0.2) is 0 Å². The molecule has 1 heterocycles. The number of aryl methyl sites for hydroxylation is 2. The molecule has 0 bridgehead atoms. The lowest BCUT2D eigenvalue weighted by Crippen LogP contribution is -2.17. The van der Waals surface area contributed by atoms with Gasteiger partial charge in [-0.3, -0.25) is 9.48 Å². The number of carbonyl (C=O) groups is 1. The van der Waals surface area contributed by atoms with Crippen molar-refractivity contribution >= 4 is 33.2 Å². The van der Waals surface area contributed by atoms with Crippen LogP contribution in [0, 0.1) is 6.92 Å². The molecular weight excluding hydrogens is 316 g/mol. The fourth-order valence-electron chi connectivity index (χ4n) is 1.79. The van der Waals surface area contributed by atoms with Gasteiger partial charge in [0, 0.05) is 7.05 Å². The molecule has 0 aliphatic carbocycles. The Hall–Kier alpha value is -1.90. The van der Waals surface area contributed by atoms with Crippen LogP contribution in [-0.2, 0) is 17.1 Å². The van der Waals surface area contributed by atoms with E-state index in [9.17, 15) is 13.2 Å². The zero-order valence-corrected chi connectivity index (χ0v) is 12.9. The van der Waals surface area contributed by atoms with Crippen LogP contribution in [0.1, 0.15) is 16.2 Å². The van der Waals surface area contributed by atoms with E-state index in [1.807, 2.05) is 0 Å². The van der Waals surface area contributed by atoms with E-state index in [1.54, 1.807) is 20.0 Å². The summed E-state index contributed by atoms with van der Waals surface area (Å²) in [6, 6.07) is 5.43. The molecule has 0 atom stereocenters. The summed E-state index contributed by atoms with van der Waals surface area (Å²) in [4.78, 5) is 12.0. The first-order valence-electron chi connectivity index (χ1n) is 5.83. The fraction of sp³-hybridized carbons (Fsp3) is 0.167. The average molecular weight is 329 g/mol. The van der Waals surface area contributed by atoms with Crippen LogP contribution in [0.15, 0.2) is 29.2 Å². The van der Waals surface area contributed by atoms with Crippen LogP contribution in [-0.4, -0.2) is 24.1 Å². The van der Waals surface area contributed by atoms with Crippen molar-refractivity contribution in [2.75, 3.05) is 5.32 Å². The van der Waals surface area contributed by atoms with Crippen LogP contribution >= 0.6 is 11.6 Å². The lowest BCUT2D eigenvalue weighted by atomic mass is 10.3. The quantitative estimate of drug-likeness (QED) is 0.884. The molecule has 0 aliphatic heterocycles. The van der Waals surface area contributed by atoms with Crippen LogP contribution in [0.5, 0.6) is 0 Å². The highest BCUT2D eigenvalue weighted by Crippen LogP contribution is 2.25. The van der Waals surface area contributed by atoms with Gasteiger partial charge in [0.2, 0.25) is 10.0 Å². The Balaban J connectivity index is 2.35. The molecule has 0 saturated carbocycles. The van der Waals surface area contributed by atoms with Crippen LogP contribution in [0.25, 0.3) is 0 Å². The predicted octanol–water partition coefficient (Wildman–Crippen LogP) is 1.28. The third kappa shape index (κ3) is 3.41. The highest BCUT2D eigenvalue weighted by atomic mass is 35.5. The molecule has 0 spiro atoms. The van der Waals surface area contributed by atoms with Crippen LogP contribution in [0.3, 0.4) is 0 Å². The number of nitrogens with zero attached hydrogens (tertiary/aromatic N) is 2. The Bertz CT molecular complexity index is 814. The molecule has 0 saturated heterocycles. The molecule has 9 heteroatoms. The van der Waals surface area contributed by atoms with Gasteiger partial charge in [-0.2, -0.15) is 5.10 Å². The molecular formula is C12H13ClN4O3S. The van der Waals surface area contributed by atoms with E-state index in [4.69, 9.17) is 16.7 Å². The minimum absolute atomic E-state index is 0.136. The predicted molar refractivity (Wildman–Crippen MR) is 78.7 cm³/mol. The SMILES string of the molecule is Cc1cc(C(=O)Nc2cc(S(N)(=O)=O)ccc2Cl)n(C)n1. The normalized spacial score (nSPS) is 11.4. The van der Waals surface area contributed by atoms with Crippen LogP contribution in [0.2, 0.25) is 5.02 Å². The number of nitrogens with two attached hydrogens (primary N) is 1. The lowest BCUT2D eigenvalue weighted by molar-refractivity contribution is 0.101. The van der Waals surface area contributed by atoms with Gasteiger partial charge in [0.05, 0.1) is 21.3 Å². The fourth-order valence-corrected chi connectivity index (χ4v) is 2.49. The maximum absolute atomic E-state index is 12.2. The summed E-state index contributed by atoms with van der Waals surface area (Å²) >= 11 is 5.95. The number of hydrogen-bond acceptors (Lipinski definition) is 4. The maximum Gasteiger partial charge on any atom is 0.273 e. The molecule has 2 rings (SSSR count). The van der Waals surface area contributed by atoms with Crippen LogP contribution < -0.4 is 10.5 Å². The Morgan fingerprint density at radius 2 is 2.05 bits per heavy atom. The van der Waals surface area contributed by atoms with E-state index >= 15 is 0 Å². The molecule has 1 aromatic carbocycles. The summed E-state index contributed by atoms with van der Waals surface area (Å²) in [7, 11) is -2.24. The maximum atomic E-state index is 12.2. The first-order valence-corrected chi connectivity index (χ1v) is 7.75. The van der Waals surface area contributed by atoms with E-state index in [0.29, 0.717) is 11.4 Å². The van der Waals surface area contributed by atoms with Crippen LogP contribution in [0.4, 0.5) is 5.69 Å². The molecule has 3 N–H and O–H groups in total. The molecule has 21 heavy (non-hydrogen) atoms. The molecule has 1 aromatic heterocycles. The Morgan fingerprint density at radius 1 is 1.38 bits per heavy atom. The van der Waals surface area contributed by atoms with Crippen molar-refractivity contribution in [3.05, 3.63) is 40.7 Å². The van der Waals surface area contributed by atoms with Gasteiger partial charge in [-0.1, -0.05) is 11.6 Å². The van der Waals surface area contributed by atoms with Gasteiger partial charge in [0.25, 0.3) is 5.91 Å². The monoisotopic (exact) mass is 328 g/mol. The third-order valence-electron chi connectivity index (χ3n) is 2.75. The molecule has 112 valence electrons. The Morgan fingerprint density at radius 3 is 2.57 bits per heavy atom. The second-order valence-electron chi connectivity index (χ2n) is 4.44. The second kappa shape index (κ2) is 5.47. The second-order valence-corrected chi connectivity index (χ2v) is 6.40. The highest BCUT2D eigenvalue weighted by molar-refractivity contribution is 7.89. The number of sulfonamides is 1. The minimum Gasteiger partial charge on any atom is -0.319 e. The van der Waals surface area contributed by atoms with Gasteiger partial charge in [-0.05, 0) is 31.2 Å². The van der Waals surface area contributed by atoms with Crippen molar-refractivity contribution in [1.29, 1.82) is 0 Å². The number of rotatable bonds is 3. The van der Waals surface area contributed by atoms with Gasteiger partial charge >= 0.3 is 0 Å². The molecule has 2 aromatic rings. The number of anilines is 1. The molecule has 0 radical (unpaired) electrons. The number of halogens is 1. The Kier molecular flexibility index (Phi) is 4.04. The lowest BCUT2D eigenvalue weighted by Gasteiger charge is -2.09. The van der Waals surface area contributed by atoms with Gasteiger partial charge < -0.3 is 5.32 Å². The highest BCUT2D eigenvalue weighted by Gasteiger charge is 2.16. The molecule has 0 aliphatic rings. The number of primary sulfonamides is 1. The number of amides is 1. The number of benzene rings is 1. The summed E-state index contributed by atoms with van der Waals surface area (Å²) in [6.45, 7) is 1.76. The van der Waals surface area contributed by atoms with Gasteiger partial charge in [0.1, 0.15) is 5.69 Å². The number of nitrogens with one attached hydrogen (secondary N) is 1. The van der Waals surface area contributed by atoms with Crippen molar-refractivity contribution in [2.24, 2.45) is 12.2 Å². The van der Waals surface area contributed by atoms with Crippen molar-refractivity contribution < 1.29 is 13.2 Å². The summed E-state index contributed by atoms with van der Waals surface area (Å²) < 4.78 is 24.1. The van der Waals surface area contributed by atoms with Crippen molar-refractivity contribution in [3.8, 4) is 0 Å². The number of hydrogen-bond donors (Lipinski definition) is 2. The summed E-state index contributed by atoms with van der Waals surface area (Å²) in [5, 5.41) is 11.9. The first kappa shape index (κ1) is 15.5. The van der Waals surface area contributed by atoms with Gasteiger partial charge in [-0.15, -0.1) is 0 Å². The summed E-state index contributed by atoms with van der Waals surface area (Å²) in [6.07, 6.45) is 0. The first-order chi connectivity index (χ1) is 9.68. The molecule has 7 nitrogen and oxygen atoms in total. The van der Waals surface area contributed by atoms with E-state index in [0.717, 1.165) is 0 Å². The van der Waals surface area contributed by atoms with Crippen molar-refractivity contribution in [3.63, 3.8) is 0 Å². The van der Waals surface area contributed by atoms with Gasteiger partial charge in [-0.25, -0.2) is 13.6 Å². The van der Waals surface area contributed by atoms with E-state index in [2.05, 4.69) is 10.4 Å². The molecule has 1 amide bonds. The zero-order chi connectivity index (χ0) is 15.8. The molecule has 0 unspecified atom stereocenters. The Labute approximate surface area is 126 Å². The summed E-state index contributed by atoms with van der Waals surface area (Å²) in [5.74, 6) is -0.452. The third-order valence-corrected chi connectivity index (χ3v) is 3.99. The standard InChI is InChI=1S/C12H13ClN4O3S/c1-7-5-11(17(2)16-7)12(18)15-10-6-8(21(14,19)20)3-4-9(10)13/h3-6H,1-2H3,(H,15,18)(H2,14,19,20).